The van der Waals surface area contributed by atoms with Crippen molar-refractivity contribution in [1.29, 1.82) is 0 Å². The first-order valence-electron chi connectivity index (χ1n) is 37.2. The van der Waals surface area contributed by atoms with Gasteiger partial charge in [-0.05, 0) is 111 Å². The number of alkyl halides is 18. The second kappa shape index (κ2) is 46.0. The molecule has 4 N–H and O–H groups in total. The van der Waals surface area contributed by atoms with Crippen molar-refractivity contribution in [1.82, 2.24) is 55.0 Å². The highest BCUT2D eigenvalue weighted by Crippen LogP contribution is 2.42. The van der Waals surface area contributed by atoms with E-state index >= 15 is 0 Å². The number of halogens is 22. The van der Waals surface area contributed by atoms with Crippen molar-refractivity contribution in [2.45, 2.75) is 76.6 Å². The van der Waals surface area contributed by atoms with Crippen LogP contribution in [0.1, 0.15) is 65.3 Å². The second-order valence-electron chi connectivity index (χ2n) is 28.7. The predicted molar refractivity (Wildman–Crippen MR) is 452 cm³/mol. The molecule has 4 saturated heterocycles. The summed E-state index contributed by atoms with van der Waals surface area (Å²) in [5, 5.41) is 17.5. The Balaban J connectivity index is 0.000000222. The maximum absolute atomic E-state index is 13.1. The third-order valence-electron chi connectivity index (χ3n) is 18.0. The summed E-state index contributed by atoms with van der Waals surface area (Å²) < 4.78 is 274. The largest absolute Gasteiger partial charge is 0.470 e. The highest BCUT2D eigenvalue weighted by molar-refractivity contribution is 7.00. The first kappa shape index (κ1) is 105. The first-order chi connectivity index (χ1) is 59.4. The average molecular weight is 1990 g/mol. The Labute approximate surface area is 757 Å². The van der Waals surface area contributed by atoms with Crippen LogP contribution in [0.2, 0.25) is 15.5 Å². The number of rotatable bonds is 13. The molecule has 0 spiro atoms. The number of nitrogens with zero attached hydrogens (tertiary/aromatic N) is 18. The molecule has 0 bridgehead atoms. The molecule has 0 saturated carbocycles. The first-order valence-corrected chi connectivity index (χ1v) is 41.2. The van der Waals surface area contributed by atoms with E-state index < -0.39 is 105 Å². The molecule has 128 heavy (non-hydrogen) atoms. The smallest absolute Gasteiger partial charge is 0.416 e. The number of benzene rings is 5. The van der Waals surface area contributed by atoms with Crippen molar-refractivity contribution in [2.75, 3.05) is 173 Å². The summed E-state index contributed by atoms with van der Waals surface area (Å²) in [6, 6.07) is 16.5. The molecule has 0 radical (unpaired) electrons. The number of aliphatic hydroxyl groups is 1. The van der Waals surface area contributed by atoms with E-state index in [1.54, 1.807) is 9.80 Å². The molecule has 13 rings (SSSR count). The molecular formula is C74H79Cl4F18N21O7S4. The minimum absolute atomic E-state index is 0. The van der Waals surface area contributed by atoms with E-state index in [4.69, 9.17) is 49.4 Å². The fraction of sp³-hybridized carbons (Fsp3) is 0.432. The number of nitrogens with one attached hydrogen (secondary N) is 3. The van der Waals surface area contributed by atoms with Crippen LogP contribution in [0.5, 0.6) is 5.88 Å². The van der Waals surface area contributed by atoms with E-state index in [0.29, 0.717) is 122 Å². The number of urea groups is 2. The van der Waals surface area contributed by atoms with Crippen molar-refractivity contribution in [3.8, 4) is 5.88 Å². The van der Waals surface area contributed by atoms with E-state index in [0.717, 1.165) is 95.8 Å². The van der Waals surface area contributed by atoms with Crippen LogP contribution in [0, 0.1) is 0 Å². The number of aliphatic hydroxyl groups excluding tert-OH is 1. The van der Waals surface area contributed by atoms with Gasteiger partial charge >= 0.3 is 55.2 Å². The van der Waals surface area contributed by atoms with Crippen molar-refractivity contribution in [3.05, 3.63) is 163 Å². The Morgan fingerprint density at radius 1 is 0.453 bits per heavy atom. The SMILES string of the molecule is CC(C)(C)OC(=O)N1CCN(c2nsnc2Cl)CC1.CN(C)c1cccc(CO)c1.CN(C)c1cccc(COc2nsnc2N2CCN(C(=O)Nc3cc(C(F)(F)F)cc(C(F)(F)F)c3)CC2)c1.Cl.Clc1nsnc1N1CCNCC1.O=C(Nc1cc(C(F)(F)F)cc(C(F)(F)F)c1)N1CCN(c2nsnc2Cl)CC1.O=C=Nc1cc(C(F)(F)F)cc(C(F)(F)F)c1. The van der Waals surface area contributed by atoms with Gasteiger partial charge in [0.2, 0.25) is 11.9 Å². The molecule has 8 heterocycles. The van der Waals surface area contributed by atoms with Gasteiger partial charge in [-0.15, -0.1) is 16.8 Å². The number of carbonyl (C=O) groups excluding carboxylic acids is 4. The normalized spacial score (nSPS) is 14.5. The molecule has 0 atom stereocenters. The third-order valence-corrected chi connectivity index (χ3v) is 21.1. The molecule has 0 unspecified atom stereocenters. The average Bonchev–Trinajstić information content (AvgIpc) is 0.840. The number of aliphatic imine (C=N–C) groups is 1. The minimum Gasteiger partial charge on any atom is -0.470 e. The molecular weight excluding hydrogens is 1910 g/mol. The van der Waals surface area contributed by atoms with Gasteiger partial charge in [0.15, 0.2) is 32.9 Å². The lowest BCUT2D eigenvalue weighted by molar-refractivity contribution is -0.144. The van der Waals surface area contributed by atoms with Crippen LogP contribution in [-0.2, 0) is 59.8 Å². The molecule has 5 aromatic carbocycles. The van der Waals surface area contributed by atoms with E-state index in [9.17, 15) is 98.2 Å². The van der Waals surface area contributed by atoms with Gasteiger partial charge in [-0.2, -0.15) is 115 Å². The van der Waals surface area contributed by atoms with Gasteiger partial charge in [0.05, 0.1) is 92.6 Å². The maximum atomic E-state index is 13.1. The summed E-state index contributed by atoms with van der Waals surface area (Å²) in [5.74, 6) is 2.83. The second-order valence-corrected chi connectivity index (χ2v) is 31.8. The molecule has 4 fully saturated rings. The molecule has 5 amide bonds. The molecule has 700 valence electrons. The number of hydrogen-bond acceptors (Lipinski definition) is 27. The van der Waals surface area contributed by atoms with Gasteiger partial charge in [-0.3, -0.25) is 0 Å². The zero-order valence-electron chi connectivity index (χ0n) is 68.0. The van der Waals surface area contributed by atoms with Gasteiger partial charge in [-0.1, -0.05) is 59.1 Å². The molecule has 4 aliphatic rings. The van der Waals surface area contributed by atoms with Crippen molar-refractivity contribution >= 4 is 170 Å². The molecule has 28 nitrogen and oxygen atoms in total. The number of amides is 5. The zero-order chi connectivity index (χ0) is 93.7. The molecule has 4 aliphatic heterocycles. The summed E-state index contributed by atoms with van der Waals surface area (Å²) in [6.45, 7) is 14.4. The Morgan fingerprint density at radius 2 is 0.773 bits per heavy atom. The van der Waals surface area contributed by atoms with Gasteiger partial charge in [-0.25, -0.2) is 19.2 Å². The summed E-state index contributed by atoms with van der Waals surface area (Å²) in [4.78, 5) is 65.6. The Morgan fingerprint density at radius 3 is 1.10 bits per heavy atom. The number of aromatic nitrogens is 8. The quantitative estimate of drug-likeness (QED) is 0.0474. The number of anilines is 8. The van der Waals surface area contributed by atoms with Crippen LogP contribution in [0.4, 0.5) is 145 Å². The highest BCUT2D eigenvalue weighted by atomic mass is 35.5. The van der Waals surface area contributed by atoms with Crippen molar-refractivity contribution in [2.24, 2.45) is 4.99 Å². The Kier molecular flexibility index (Phi) is 37.7. The summed E-state index contributed by atoms with van der Waals surface area (Å²) >= 11 is 21.9. The highest BCUT2D eigenvalue weighted by Gasteiger charge is 2.41. The topological polar surface area (TPSA) is 288 Å². The van der Waals surface area contributed by atoms with Crippen LogP contribution in [0.3, 0.4) is 0 Å². The standard InChI is InChI=1S/C24H24F6N6O2S.C15H12ClF6N5OS.C11H17ClN4O2S.C9H3F6NO.C9H13NO.C6H9ClN4S.ClH/c1-34(2)19-5-3-4-15(10-19)14-38-21-20(32-39-33-21)35-6-8-36(9-7-35)22(37)31-18-12-16(23(25,26)27)11-17(13-18)24(28,29)30;16-11-12(25-29-24-11)26-1-3-27(4-2-26)13(28)23-10-6-8(14(17,18)19)5-9(7-10)15(20,21)22;1-11(2,3)18-10(17)16-6-4-15(5-7-16)9-8(12)13-19-14-9;10-8(11,12)5-1-6(9(13,14)15)3-7(2-5)16-4-17;1-10(2)9-5-3-4-8(6-9)7-11;7-5-6(10-12-9-5)11-3-1-8-2-4-11;/h3-5,10-13H,6-9,14H2,1-2H3,(H,31,37);5-7H,1-4H2,(H,23,28);4-7H2,1-3H3;1-3H;3-6,11H,7H2,1-2H3;8H,1-4H2;1H. The fourth-order valence-corrected chi connectivity index (χ4v) is 14.5. The lowest BCUT2D eigenvalue weighted by Crippen LogP contribution is -2.50. The third kappa shape index (κ3) is 32.0. The number of piperazine rings is 4. The van der Waals surface area contributed by atoms with Gasteiger partial charge in [0, 0.05) is 156 Å². The lowest BCUT2D eigenvalue weighted by atomic mass is 10.1. The van der Waals surface area contributed by atoms with Crippen molar-refractivity contribution in [3.63, 3.8) is 0 Å². The maximum Gasteiger partial charge on any atom is 0.416 e. The van der Waals surface area contributed by atoms with E-state index in [-0.39, 0.29) is 81.2 Å². The summed E-state index contributed by atoms with van der Waals surface area (Å²) in [6.07, 6.45) is -29.3. The number of ether oxygens (including phenoxy) is 2. The van der Waals surface area contributed by atoms with E-state index in [2.05, 4.69) is 60.8 Å². The number of isocyanates is 1. The lowest BCUT2D eigenvalue weighted by Gasteiger charge is -2.35. The van der Waals surface area contributed by atoms with Gasteiger partial charge < -0.3 is 74.6 Å². The fourth-order valence-electron chi connectivity index (χ4n) is 11.6. The molecule has 4 aromatic heterocycles. The molecule has 54 heteroatoms. The summed E-state index contributed by atoms with van der Waals surface area (Å²) in [5.41, 5.74) is -7.44. The molecule has 0 aliphatic carbocycles. The monoisotopic (exact) mass is 1980 g/mol. The molecule has 9 aromatic rings. The van der Waals surface area contributed by atoms with E-state index in [1.807, 2.05) is 117 Å². The van der Waals surface area contributed by atoms with Crippen LogP contribution in [-0.4, -0.2) is 218 Å². The van der Waals surface area contributed by atoms with Crippen LogP contribution in [0.25, 0.3) is 0 Å². The van der Waals surface area contributed by atoms with Gasteiger partial charge in [0.1, 0.15) is 12.2 Å². The minimum atomic E-state index is -5.01. The van der Waals surface area contributed by atoms with Crippen LogP contribution in [0.15, 0.2) is 108 Å². The van der Waals surface area contributed by atoms with E-state index in [1.165, 1.54) is 21.5 Å². The predicted octanol–water partition coefficient (Wildman–Crippen LogP) is 18.4. The number of hydrogen-bond donors (Lipinski definition) is 4. The summed E-state index contributed by atoms with van der Waals surface area (Å²) in [7, 11) is 7.83. The van der Waals surface area contributed by atoms with Crippen molar-refractivity contribution < 1.29 is 113 Å². The van der Waals surface area contributed by atoms with Crippen LogP contribution >= 0.6 is 94.1 Å². The van der Waals surface area contributed by atoms with Crippen LogP contribution < -0.4 is 50.1 Å². The van der Waals surface area contributed by atoms with Gasteiger partial charge in [0.25, 0.3) is 5.88 Å². The zero-order valence-corrected chi connectivity index (χ0v) is 74.3. The Bertz CT molecular complexity index is 5050. The number of carbonyl (C=O) groups is 3. The Hall–Kier alpha value is -10.1.